The van der Waals surface area contributed by atoms with Gasteiger partial charge < -0.3 is 15.2 Å². The van der Waals surface area contributed by atoms with Crippen LogP contribution in [-0.2, 0) is 0 Å². The molecule has 0 atom stereocenters. The van der Waals surface area contributed by atoms with Crippen LogP contribution in [0.15, 0.2) is 36.4 Å². The second-order valence-corrected chi connectivity index (χ2v) is 5.98. The first-order chi connectivity index (χ1) is 11.8. The average molecular weight is 399 g/mol. The third kappa shape index (κ3) is 4.82. The molecule has 3 N–H and O–H groups in total. The summed E-state index contributed by atoms with van der Waals surface area (Å²) in [5.74, 6) is -1.22. The highest BCUT2D eigenvalue weighted by Gasteiger charge is 2.13. The molecule has 6 nitrogen and oxygen atoms in total. The number of halogens is 2. The van der Waals surface area contributed by atoms with Gasteiger partial charge in [-0.05, 0) is 48.6 Å². The Kier molecular flexibility index (Phi) is 6.19. The molecule has 0 bridgehead atoms. The summed E-state index contributed by atoms with van der Waals surface area (Å²) in [7, 11) is 1.43. The molecule has 1 amide bonds. The number of rotatable bonds is 4. The van der Waals surface area contributed by atoms with E-state index in [0.29, 0.717) is 16.5 Å². The summed E-state index contributed by atoms with van der Waals surface area (Å²) < 4.78 is 5.14. The van der Waals surface area contributed by atoms with Crippen LogP contribution in [-0.4, -0.2) is 29.2 Å². The number of anilines is 1. The summed E-state index contributed by atoms with van der Waals surface area (Å²) in [6.45, 7) is 0. The Balaban J connectivity index is 2.14. The van der Waals surface area contributed by atoms with Gasteiger partial charge in [-0.15, -0.1) is 0 Å². The lowest BCUT2D eigenvalue weighted by Gasteiger charge is -2.13. The maximum Gasteiger partial charge on any atom is 0.335 e. The van der Waals surface area contributed by atoms with Gasteiger partial charge in [0, 0.05) is 5.56 Å². The van der Waals surface area contributed by atoms with Crippen molar-refractivity contribution in [1.82, 2.24) is 5.32 Å². The molecule has 0 saturated carbocycles. The van der Waals surface area contributed by atoms with Gasteiger partial charge in [0.05, 0.1) is 28.4 Å². The molecular formula is C16H12Cl2N2O4S. The number of methoxy groups -OCH3 is 1. The standard InChI is InChI=1S/C16H12Cl2N2O4S/c1-24-13-5-3-9(15(22)23)7-12(13)19-16(25)20-14(21)8-2-4-10(17)11(18)6-8/h2-7H,1H3,(H,22,23)(H2,19,20,21,25). The summed E-state index contributed by atoms with van der Waals surface area (Å²) in [5.41, 5.74) is 0.619. The Labute approximate surface area is 158 Å². The summed E-state index contributed by atoms with van der Waals surface area (Å²) in [6.07, 6.45) is 0. The van der Waals surface area contributed by atoms with E-state index >= 15 is 0 Å². The van der Waals surface area contributed by atoms with E-state index in [1.54, 1.807) is 0 Å². The van der Waals surface area contributed by atoms with Crippen LogP contribution in [0.1, 0.15) is 20.7 Å². The van der Waals surface area contributed by atoms with Crippen molar-refractivity contribution >= 4 is 58.1 Å². The van der Waals surface area contributed by atoms with Gasteiger partial charge in [0.25, 0.3) is 5.91 Å². The minimum absolute atomic E-state index is 0.0306. The number of carboxylic acid groups (broad SMARTS) is 1. The third-order valence-electron chi connectivity index (χ3n) is 3.10. The Morgan fingerprint density at radius 1 is 1.08 bits per heavy atom. The normalized spacial score (nSPS) is 10.0. The van der Waals surface area contributed by atoms with Crippen LogP contribution in [0.5, 0.6) is 5.75 Å². The molecule has 0 spiro atoms. The van der Waals surface area contributed by atoms with Crippen LogP contribution in [0.4, 0.5) is 5.69 Å². The summed E-state index contributed by atoms with van der Waals surface area (Å²) in [6, 6.07) is 8.62. The fourth-order valence-corrected chi connectivity index (χ4v) is 2.41. The molecule has 0 aliphatic heterocycles. The SMILES string of the molecule is COc1ccc(C(=O)O)cc1NC(=S)NC(=O)c1ccc(Cl)c(Cl)c1. The van der Waals surface area contributed by atoms with Crippen molar-refractivity contribution in [1.29, 1.82) is 0 Å². The second-order valence-electron chi connectivity index (χ2n) is 4.76. The van der Waals surface area contributed by atoms with E-state index in [9.17, 15) is 9.59 Å². The monoisotopic (exact) mass is 398 g/mol. The van der Waals surface area contributed by atoms with Crippen molar-refractivity contribution in [2.45, 2.75) is 0 Å². The molecule has 0 radical (unpaired) electrons. The predicted molar refractivity (Wildman–Crippen MR) is 100 cm³/mol. The fraction of sp³-hybridized carbons (Fsp3) is 0.0625. The van der Waals surface area contributed by atoms with Gasteiger partial charge >= 0.3 is 5.97 Å². The number of carbonyl (C=O) groups is 2. The summed E-state index contributed by atoms with van der Waals surface area (Å²) in [4.78, 5) is 23.2. The van der Waals surface area contributed by atoms with Crippen LogP contribution < -0.4 is 15.4 Å². The molecule has 2 aromatic carbocycles. The van der Waals surface area contributed by atoms with Gasteiger partial charge in [0.1, 0.15) is 5.75 Å². The third-order valence-corrected chi connectivity index (χ3v) is 4.05. The molecule has 0 fully saturated rings. The maximum atomic E-state index is 12.2. The topological polar surface area (TPSA) is 87.7 Å². The maximum absolute atomic E-state index is 12.2. The highest BCUT2D eigenvalue weighted by Crippen LogP contribution is 2.26. The molecule has 25 heavy (non-hydrogen) atoms. The Morgan fingerprint density at radius 3 is 2.36 bits per heavy atom. The summed E-state index contributed by atoms with van der Waals surface area (Å²) in [5, 5.41) is 14.8. The van der Waals surface area contributed by atoms with Crippen LogP contribution in [0.3, 0.4) is 0 Å². The zero-order valence-corrected chi connectivity index (χ0v) is 15.1. The second kappa shape index (κ2) is 8.15. The van der Waals surface area contributed by atoms with Gasteiger partial charge in [-0.25, -0.2) is 4.79 Å². The first-order valence-corrected chi connectivity index (χ1v) is 7.97. The number of amides is 1. The van der Waals surface area contributed by atoms with E-state index in [1.165, 1.54) is 43.5 Å². The molecular weight excluding hydrogens is 387 g/mol. The Hall–Kier alpha value is -2.35. The minimum Gasteiger partial charge on any atom is -0.495 e. The van der Waals surface area contributed by atoms with E-state index in [0.717, 1.165) is 0 Å². The molecule has 130 valence electrons. The number of thiocarbonyl (C=S) groups is 1. The highest BCUT2D eigenvalue weighted by atomic mass is 35.5. The number of carbonyl (C=O) groups excluding carboxylic acids is 1. The molecule has 0 saturated heterocycles. The number of carboxylic acids is 1. The molecule has 0 unspecified atom stereocenters. The lowest BCUT2D eigenvalue weighted by atomic mass is 10.2. The van der Waals surface area contributed by atoms with Gasteiger partial charge in [0.15, 0.2) is 5.11 Å². The van der Waals surface area contributed by atoms with Crippen LogP contribution in [0.2, 0.25) is 10.0 Å². The van der Waals surface area contributed by atoms with Crippen LogP contribution in [0, 0.1) is 0 Å². The van der Waals surface area contributed by atoms with Gasteiger partial charge in [-0.3, -0.25) is 10.1 Å². The quantitative estimate of drug-likeness (QED) is 0.678. The molecule has 2 aromatic rings. The van der Waals surface area contributed by atoms with E-state index in [2.05, 4.69) is 10.6 Å². The highest BCUT2D eigenvalue weighted by molar-refractivity contribution is 7.80. The van der Waals surface area contributed by atoms with E-state index < -0.39 is 11.9 Å². The molecule has 0 aromatic heterocycles. The number of hydrogen-bond donors (Lipinski definition) is 3. The van der Waals surface area contributed by atoms with Crippen molar-refractivity contribution in [3.63, 3.8) is 0 Å². The van der Waals surface area contributed by atoms with E-state index in [1.807, 2.05) is 0 Å². The van der Waals surface area contributed by atoms with Crippen LogP contribution in [0.25, 0.3) is 0 Å². The van der Waals surface area contributed by atoms with Crippen molar-refractivity contribution < 1.29 is 19.4 Å². The van der Waals surface area contributed by atoms with Gasteiger partial charge in [-0.2, -0.15) is 0 Å². The minimum atomic E-state index is -1.10. The van der Waals surface area contributed by atoms with Crippen molar-refractivity contribution in [3.05, 3.63) is 57.6 Å². The number of benzene rings is 2. The van der Waals surface area contributed by atoms with E-state index in [4.69, 9.17) is 45.3 Å². The molecule has 0 aliphatic rings. The first kappa shape index (κ1) is 19.0. The van der Waals surface area contributed by atoms with Gasteiger partial charge in [-0.1, -0.05) is 23.2 Å². The van der Waals surface area contributed by atoms with Crippen LogP contribution >= 0.6 is 35.4 Å². The molecule has 2 rings (SSSR count). The number of aromatic carboxylic acids is 1. The van der Waals surface area contributed by atoms with E-state index in [-0.39, 0.29) is 21.3 Å². The Bertz CT molecular complexity index is 858. The number of ether oxygens (including phenoxy) is 1. The smallest absolute Gasteiger partial charge is 0.335 e. The zero-order valence-electron chi connectivity index (χ0n) is 12.8. The van der Waals surface area contributed by atoms with Gasteiger partial charge in [0.2, 0.25) is 0 Å². The number of nitrogens with one attached hydrogen (secondary N) is 2. The molecule has 0 aliphatic carbocycles. The fourth-order valence-electron chi connectivity index (χ4n) is 1.90. The predicted octanol–water partition coefficient (Wildman–Crippen LogP) is 3.83. The lowest BCUT2D eigenvalue weighted by molar-refractivity contribution is 0.0696. The Morgan fingerprint density at radius 2 is 1.76 bits per heavy atom. The molecule has 9 heteroatoms. The number of hydrogen-bond acceptors (Lipinski definition) is 4. The van der Waals surface area contributed by atoms with Crippen molar-refractivity contribution in [3.8, 4) is 5.75 Å². The molecule has 0 heterocycles. The lowest BCUT2D eigenvalue weighted by Crippen LogP contribution is -2.34. The van der Waals surface area contributed by atoms with Crippen molar-refractivity contribution in [2.24, 2.45) is 0 Å². The average Bonchev–Trinajstić information content (AvgIpc) is 2.56. The summed E-state index contributed by atoms with van der Waals surface area (Å²) >= 11 is 16.8. The van der Waals surface area contributed by atoms with Crippen molar-refractivity contribution in [2.75, 3.05) is 12.4 Å². The zero-order chi connectivity index (χ0) is 18.6. The first-order valence-electron chi connectivity index (χ1n) is 6.80. The largest absolute Gasteiger partial charge is 0.495 e.